The summed E-state index contributed by atoms with van der Waals surface area (Å²) >= 11 is 0. The first-order valence-electron chi connectivity index (χ1n) is 7.02. The molecule has 0 unspecified atom stereocenters. The Bertz CT molecular complexity index is 358. The van der Waals surface area contributed by atoms with Crippen LogP contribution in [0.1, 0.15) is 56.4 Å². The summed E-state index contributed by atoms with van der Waals surface area (Å²) in [4.78, 5) is 0. The van der Waals surface area contributed by atoms with Crippen molar-refractivity contribution in [3.63, 3.8) is 0 Å². The van der Waals surface area contributed by atoms with Gasteiger partial charge in [0, 0.05) is 0 Å². The van der Waals surface area contributed by atoms with Crippen molar-refractivity contribution in [2.24, 2.45) is 5.92 Å². The molecule has 3 rings (SSSR count). The van der Waals surface area contributed by atoms with Crippen LogP contribution in [0.5, 0.6) is 0 Å². The first kappa shape index (κ1) is 11.3. The van der Waals surface area contributed by atoms with Crippen LogP contribution in [0, 0.1) is 5.92 Å². The van der Waals surface area contributed by atoms with E-state index in [9.17, 15) is 5.11 Å². The molecule has 0 aromatic heterocycles. The van der Waals surface area contributed by atoms with Crippen LogP contribution in [-0.2, 0) is 0 Å². The summed E-state index contributed by atoms with van der Waals surface area (Å²) in [6, 6.07) is 10.8. The molecule has 2 fully saturated rings. The topological polar surface area (TPSA) is 20.2 Å². The van der Waals surface area contributed by atoms with E-state index in [0.717, 1.165) is 38.0 Å². The molecular weight excluding hydrogens is 208 g/mol. The largest absolute Gasteiger partial charge is 0.390 e. The molecule has 0 amide bonds. The molecular formula is C16H22O. The fraction of sp³-hybridized carbons (Fsp3) is 0.625. The lowest BCUT2D eigenvalue weighted by Gasteiger charge is -2.36. The average molecular weight is 230 g/mol. The van der Waals surface area contributed by atoms with Crippen molar-refractivity contribution in [3.8, 4) is 0 Å². The lowest BCUT2D eigenvalue weighted by Crippen LogP contribution is -2.34. The predicted octanol–water partition coefficient (Wildman–Crippen LogP) is 3.88. The zero-order valence-electron chi connectivity index (χ0n) is 10.4. The molecule has 1 aromatic carbocycles. The second-order valence-electron chi connectivity index (χ2n) is 6.06. The molecule has 0 bridgehead atoms. The monoisotopic (exact) mass is 230 g/mol. The van der Waals surface area contributed by atoms with E-state index in [-0.39, 0.29) is 5.60 Å². The van der Waals surface area contributed by atoms with E-state index in [1.54, 1.807) is 0 Å². The van der Waals surface area contributed by atoms with Crippen molar-refractivity contribution < 1.29 is 5.11 Å². The van der Waals surface area contributed by atoms with E-state index in [1.165, 1.54) is 18.4 Å². The maximum absolute atomic E-state index is 10.5. The van der Waals surface area contributed by atoms with Gasteiger partial charge in [0.1, 0.15) is 0 Å². The second-order valence-corrected chi connectivity index (χ2v) is 6.06. The van der Waals surface area contributed by atoms with Gasteiger partial charge < -0.3 is 5.11 Å². The molecule has 0 saturated heterocycles. The molecule has 0 atom stereocenters. The van der Waals surface area contributed by atoms with Gasteiger partial charge in [0.05, 0.1) is 5.60 Å². The van der Waals surface area contributed by atoms with Crippen LogP contribution in [0.3, 0.4) is 0 Å². The van der Waals surface area contributed by atoms with Crippen LogP contribution < -0.4 is 0 Å². The normalized spacial score (nSPS) is 33.6. The molecule has 2 aliphatic rings. The summed E-state index contributed by atoms with van der Waals surface area (Å²) in [6.45, 7) is 0. The number of benzene rings is 1. The van der Waals surface area contributed by atoms with Crippen LogP contribution >= 0.6 is 0 Å². The predicted molar refractivity (Wildman–Crippen MR) is 69.9 cm³/mol. The summed E-state index contributed by atoms with van der Waals surface area (Å²) in [5.74, 6) is 1.52. The molecule has 0 heterocycles. The maximum Gasteiger partial charge on any atom is 0.0650 e. The van der Waals surface area contributed by atoms with Gasteiger partial charge in [0.25, 0.3) is 0 Å². The van der Waals surface area contributed by atoms with Crippen LogP contribution in [0.25, 0.3) is 0 Å². The highest BCUT2D eigenvalue weighted by Gasteiger charge is 2.38. The van der Waals surface area contributed by atoms with Crippen molar-refractivity contribution in [1.29, 1.82) is 0 Å². The molecule has 17 heavy (non-hydrogen) atoms. The molecule has 92 valence electrons. The first-order valence-corrected chi connectivity index (χ1v) is 7.02. The quantitative estimate of drug-likeness (QED) is 0.835. The number of rotatable bonds is 3. The van der Waals surface area contributed by atoms with Gasteiger partial charge in [0.2, 0.25) is 0 Å². The van der Waals surface area contributed by atoms with Crippen LogP contribution in [0.4, 0.5) is 0 Å². The highest BCUT2D eigenvalue weighted by atomic mass is 16.3. The third-order valence-corrected chi connectivity index (χ3v) is 4.55. The number of aliphatic hydroxyl groups is 1. The molecule has 0 aliphatic heterocycles. The Morgan fingerprint density at radius 1 is 1.00 bits per heavy atom. The van der Waals surface area contributed by atoms with Crippen molar-refractivity contribution in [1.82, 2.24) is 0 Å². The lowest BCUT2D eigenvalue weighted by atomic mass is 9.74. The van der Waals surface area contributed by atoms with Crippen LogP contribution in [0.15, 0.2) is 30.3 Å². The van der Waals surface area contributed by atoms with E-state index in [4.69, 9.17) is 0 Å². The number of hydrogen-bond acceptors (Lipinski definition) is 1. The van der Waals surface area contributed by atoms with E-state index >= 15 is 0 Å². The summed E-state index contributed by atoms with van der Waals surface area (Å²) in [6.07, 6.45) is 8.09. The Labute approximate surface area is 104 Å². The Kier molecular flexibility index (Phi) is 2.96. The van der Waals surface area contributed by atoms with Gasteiger partial charge >= 0.3 is 0 Å². The highest BCUT2D eigenvalue weighted by Crippen LogP contribution is 2.45. The van der Waals surface area contributed by atoms with E-state index < -0.39 is 0 Å². The van der Waals surface area contributed by atoms with Gasteiger partial charge in [-0.2, -0.15) is 0 Å². The summed E-state index contributed by atoms with van der Waals surface area (Å²) in [5.41, 5.74) is 1.13. The Morgan fingerprint density at radius 3 is 2.24 bits per heavy atom. The minimum atomic E-state index is -0.327. The van der Waals surface area contributed by atoms with Gasteiger partial charge in [-0.1, -0.05) is 43.2 Å². The van der Waals surface area contributed by atoms with Crippen LogP contribution in [0.2, 0.25) is 0 Å². The van der Waals surface area contributed by atoms with Gasteiger partial charge in [-0.3, -0.25) is 0 Å². The highest BCUT2D eigenvalue weighted by molar-refractivity contribution is 5.20. The Morgan fingerprint density at radius 2 is 1.65 bits per heavy atom. The molecule has 2 aliphatic carbocycles. The summed E-state index contributed by atoms with van der Waals surface area (Å²) in [5, 5.41) is 10.5. The Hall–Kier alpha value is -0.820. The summed E-state index contributed by atoms with van der Waals surface area (Å²) in [7, 11) is 0. The fourth-order valence-electron chi connectivity index (χ4n) is 3.28. The molecule has 1 heteroatoms. The van der Waals surface area contributed by atoms with E-state index in [0.29, 0.717) is 5.92 Å². The van der Waals surface area contributed by atoms with Gasteiger partial charge in [-0.15, -0.1) is 0 Å². The lowest BCUT2D eigenvalue weighted by molar-refractivity contribution is -0.0131. The van der Waals surface area contributed by atoms with Crippen molar-refractivity contribution in [3.05, 3.63) is 35.9 Å². The van der Waals surface area contributed by atoms with Crippen molar-refractivity contribution in [2.75, 3.05) is 0 Å². The first-order chi connectivity index (χ1) is 8.25. The minimum absolute atomic E-state index is 0.327. The van der Waals surface area contributed by atoms with Gasteiger partial charge in [-0.25, -0.2) is 0 Å². The standard InChI is InChI=1S/C16H22O/c17-16(12-13-6-7-13)10-8-15(9-11-16)14-4-2-1-3-5-14/h1-5,13,15,17H,6-12H2. The number of hydrogen-bond donors (Lipinski definition) is 1. The van der Waals surface area contributed by atoms with E-state index in [2.05, 4.69) is 30.3 Å². The molecule has 1 nitrogen and oxygen atoms in total. The zero-order chi connectivity index (χ0) is 11.7. The van der Waals surface area contributed by atoms with Crippen molar-refractivity contribution in [2.45, 2.75) is 56.5 Å². The fourth-order valence-corrected chi connectivity index (χ4v) is 3.28. The zero-order valence-corrected chi connectivity index (χ0v) is 10.4. The Balaban J connectivity index is 1.59. The molecule has 0 spiro atoms. The second kappa shape index (κ2) is 4.45. The third kappa shape index (κ3) is 2.71. The SMILES string of the molecule is OC1(CC2CC2)CCC(c2ccccc2)CC1. The molecule has 2 saturated carbocycles. The van der Waals surface area contributed by atoms with Gasteiger partial charge in [-0.05, 0) is 49.5 Å². The smallest absolute Gasteiger partial charge is 0.0650 e. The van der Waals surface area contributed by atoms with Gasteiger partial charge in [0.15, 0.2) is 0 Å². The third-order valence-electron chi connectivity index (χ3n) is 4.55. The summed E-state index contributed by atoms with van der Waals surface area (Å²) < 4.78 is 0. The van der Waals surface area contributed by atoms with Crippen LogP contribution in [-0.4, -0.2) is 10.7 Å². The van der Waals surface area contributed by atoms with E-state index in [1.807, 2.05) is 0 Å². The maximum atomic E-state index is 10.5. The van der Waals surface area contributed by atoms with Crippen molar-refractivity contribution >= 4 is 0 Å². The minimum Gasteiger partial charge on any atom is -0.390 e. The average Bonchev–Trinajstić information content (AvgIpc) is 3.14. The molecule has 0 radical (unpaired) electrons. The molecule has 1 aromatic rings. The molecule has 1 N–H and O–H groups in total.